The molecule has 0 spiro atoms. The van der Waals surface area contributed by atoms with Crippen molar-refractivity contribution < 1.29 is 23.9 Å². The van der Waals surface area contributed by atoms with Gasteiger partial charge in [0.15, 0.2) is 0 Å². The normalized spacial score (nSPS) is 14.3. The zero-order chi connectivity index (χ0) is 26.3. The van der Waals surface area contributed by atoms with Crippen LogP contribution in [-0.2, 0) is 34.7 Å². The first-order valence-electron chi connectivity index (χ1n) is 13.1. The number of methoxy groups -OCH3 is 1. The maximum Gasteiger partial charge on any atom is 0.315 e. The molecule has 0 fully saturated rings. The van der Waals surface area contributed by atoms with Crippen molar-refractivity contribution in [1.82, 2.24) is 0 Å². The maximum absolute atomic E-state index is 12.5. The molecule has 0 aliphatic rings. The Bertz CT molecular complexity index is 926. The van der Waals surface area contributed by atoms with Gasteiger partial charge in [-0.05, 0) is 43.7 Å². The lowest BCUT2D eigenvalue weighted by molar-refractivity contribution is -0.147. The van der Waals surface area contributed by atoms with E-state index in [9.17, 15) is 14.4 Å². The van der Waals surface area contributed by atoms with Gasteiger partial charge in [-0.3, -0.25) is 14.4 Å². The van der Waals surface area contributed by atoms with Crippen molar-refractivity contribution in [1.29, 1.82) is 0 Å². The number of ketones is 1. The van der Waals surface area contributed by atoms with Crippen LogP contribution in [0.25, 0.3) is 0 Å². The summed E-state index contributed by atoms with van der Waals surface area (Å²) in [6.07, 6.45) is 8.27. The van der Waals surface area contributed by atoms with Crippen molar-refractivity contribution in [3.63, 3.8) is 0 Å². The minimum atomic E-state index is -0.662. The van der Waals surface area contributed by atoms with E-state index in [0.717, 1.165) is 50.5 Å². The summed E-state index contributed by atoms with van der Waals surface area (Å²) in [6, 6.07) is 19.9. The highest BCUT2D eigenvalue weighted by molar-refractivity contribution is 5.82. The van der Waals surface area contributed by atoms with E-state index in [2.05, 4.69) is 19.1 Å². The zero-order valence-corrected chi connectivity index (χ0v) is 22.2. The van der Waals surface area contributed by atoms with Crippen molar-refractivity contribution >= 4 is 18.2 Å². The standard InChI is InChI=1S/C31H42O5/c1-30(24-36-25-32,26-16-8-4-9-17-26)22-14-6-12-20-28(33)21-13-7-15-23-31(2,29(34)35-3)27-18-10-5-11-19-27/h4-5,8-11,16-19,25H,6-7,12-15,20-24H2,1-3H3. The second kappa shape index (κ2) is 15.2. The molecule has 0 bridgehead atoms. The molecule has 0 heterocycles. The van der Waals surface area contributed by atoms with E-state index in [4.69, 9.17) is 9.47 Å². The number of rotatable bonds is 18. The van der Waals surface area contributed by atoms with Crippen molar-refractivity contribution in [2.24, 2.45) is 0 Å². The van der Waals surface area contributed by atoms with Gasteiger partial charge in [0.05, 0.1) is 12.5 Å². The van der Waals surface area contributed by atoms with E-state index in [-0.39, 0.29) is 11.4 Å². The van der Waals surface area contributed by atoms with Gasteiger partial charge < -0.3 is 9.47 Å². The molecule has 2 atom stereocenters. The zero-order valence-electron chi connectivity index (χ0n) is 22.2. The van der Waals surface area contributed by atoms with Crippen molar-refractivity contribution in [2.75, 3.05) is 13.7 Å². The van der Waals surface area contributed by atoms with Gasteiger partial charge in [-0.15, -0.1) is 0 Å². The summed E-state index contributed by atoms with van der Waals surface area (Å²) in [5, 5.41) is 0. The molecule has 0 N–H and O–H groups in total. The van der Waals surface area contributed by atoms with Crippen LogP contribution in [-0.4, -0.2) is 31.9 Å². The molecule has 5 heteroatoms. The van der Waals surface area contributed by atoms with Crippen LogP contribution in [0.1, 0.15) is 89.2 Å². The van der Waals surface area contributed by atoms with Crippen LogP contribution in [0.3, 0.4) is 0 Å². The molecule has 2 rings (SSSR count). The van der Waals surface area contributed by atoms with Crippen LogP contribution in [0.15, 0.2) is 60.7 Å². The minimum Gasteiger partial charge on any atom is -0.468 e. The molecule has 2 unspecified atom stereocenters. The van der Waals surface area contributed by atoms with E-state index in [1.54, 1.807) is 0 Å². The third-order valence-electron chi connectivity index (χ3n) is 7.30. The fourth-order valence-electron chi connectivity index (χ4n) is 4.87. The largest absolute Gasteiger partial charge is 0.468 e. The third-order valence-corrected chi connectivity index (χ3v) is 7.30. The van der Waals surface area contributed by atoms with Gasteiger partial charge in [-0.25, -0.2) is 0 Å². The predicted octanol–water partition coefficient (Wildman–Crippen LogP) is 6.72. The first-order chi connectivity index (χ1) is 17.4. The predicted molar refractivity (Wildman–Crippen MR) is 143 cm³/mol. The minimum absolute atomic E-state index is 0.217. The molecule has 0 saturated heterocycles. The molecule has 0 aliphatic heterocycles. The van der Waals surface area contributed by atoms with Crippen LogP contribution in [0.4, 0.5) is 0 Å². The Morgan fingerprint density at radius 1 is 0.750 bits per heavy atom. The van der Waals surface area contributed by atoms with Crippen LogP contribution in [0.2, 0.25) is 0 Å². The molecule has 0 radical (unpaired) electrons. The fraction of sp³-hybridized carbons (Fsp3) is 0.516. The number of Topliss-reactive ketones (excluding diaryl/α,β-unsaturated/α-hetero) is 1. The van der Waals surface area contributed by atoms with Crippen LogP contribution >= 0.6 is 0 Å². The molecule has 0 saturated carbocycles. The second-order valence-electron chi connectivity index (χ2n) is 10.2. The lowest BCUT2D eigenvalue weighted by atomic mass is 9.78. The Hall–Kier alpha value is -2.95. The van der Waals surface area contributed by atoms with Crippen LogP contribution < -0.4 is 0 Å². The third kappa shape index (κ3) is 8.92. The van der Waals surface area contributed by atoms with E-state index >= 15 is 0 Å². The number of unbranched alkanes of at least 4 members (excludes halogenated alkanes) is 4. The summed E-state index contributed by atoms with van der Waals surface area (Å²) < 4.78 is 10.2. The lowest BCUT2D eigenvalue weighted by Crippen LogP contribution is -2.33. The topological polar surface area (TPSA) is 69.7 Å². The Labute approximate surface area is 216 Å². The number of hydrogen-bond donors (Lipinski definition) is 0. The monoisotopic (exact) mass is 494 g/mol. The molecular formula is C31H42O5. The van der Waals surface area contributed by atoms with Gasteiger partial charge in [0.1, 0.15) is 12.4 Å². The Morgan fingerprint density at radius 3 is 1.81 bits per heavy atom. The average Bonchev–Trinajstić information content (AvgIpc) is 2.91. The Balaban J connectivity index is 1.67. The molecule has 0 aromatic heterocycles. The summed E-state index contributed by atoms with van der Waals surface area (Å²) in [5.41, 5.74) is 1.25. The van der Waals surface area contributed by atoms with Gasteiger partial charge in [-0.2, -0.15) is 0 Å². The van der Waals surface area contributed by atoms with Gasteiger partial charge >= 0.3 is 5.97 Å². The van der Waals surface area contributed by atoms with Gasteiger partial charge in [0.25, 0.3) is 6.47 Å². The highest BCUT2D eigenvalue weighted by Crippen LogP contribution is 2.32. The maximum atomic E-state index is 12.5. The number of hydrogen-bond acceptors (Lipinski definition) is 5. The number of benzene rings is 2. The highest BCUT2D eigenvalue weighted by Gasteiger charge is 2.35. The first kappa shape index (κ1) is 29.3. The van der Waals surface area contributed by atoms with Crippen LogP contribution in [0, 0.1) is 0 Å². The first-order valence-corrected chi connectivity index (χ1v) is 13.1. The fourth-order valence-corrected chi connectivity index (χ4v) is 4.87. The smallest absolute Gasteiger partial charge is 0.315 e. The van der Waals surface area contributed by atoms with E-state index in [1.165, 1.54) is 12.7 Å². The summed E-state index contributed by atoms with van der Waals surface area (Å²) in [5.74, 6) is 0.0924. The lowest BCUT2D eigenvalue weighted by Gasteiger charge is -2.29. The quantitative estimate of drug-likeness (QED) is 0.131. The molecule has 0 aliphatic carbocycles. The molecular weight excluding hydrogens is 452 g/mol. The van der Waals surface area contributed by atoms with Gasteiger partial charge in [-0.1, -0.05) is 93.3 Å². The second-order valence-corrected chi connectivity index (χ2v) is 10.2. The van der Waals surface area contributed by atoms with Crippen molar-refractivity contribution in [2.45, 2.75) is 88.9 Å². The molecule has 36 heavy (non-hydrogen) atoms. The Kier molecular flexibility index (Phi) is 12.4. The SMILES string of the molecule is COC(=O)C(C)(CCCCCC(=O)CCCCCC(C)(COC=O)c1ccccc1)c1ccccc1. The number of esters is 1. The van der Waals surface area contributed by atoms with Crippen molar-refractivity contribution in [3.05, 3.63) is 71.8 Å². The van der Waals surface area contributed by atoms with Crippen LogP contribution in [0.5, 0.6) is 0 Å². The Morgan fingerprint density at radius 2 is 1.28 bits per heavy atom. The summed E-state index contributed by atoms with van der Waals surface area (Å²) in [4.78, 5) is 35.6. The van der Waals surface area contributed by atoms with Gasteiger partial charge in [0.2, 0.25) is 0 Å². The molecule has 5 nitrogen and oxygen atoms in total. The summed E-state index contributed by atoms with van der Waals surface area (Å²) in [6.45, 7) is 4.93. The molecule has 0 amide bonds. The summed E-state index contributed by atoms with van der Waals surface area (Å²) in [7, 11) is 1.43. The van der Waals surface area contributed by atoms with E-state index < -0.39 is 5.41 Å². The number of carbonyl (C=O) groups excluding carboxylic acids is 3. The van der Waals surface area contributed by atoms with E-state index in [0.29, 0.717) is 38.1 Å². The number of carbonyl (C=O) groups is 3. The van der Waals surface area contributed by atoms with Gasteiger partial charge in [0, 0.05) is 18.3 Å². The van der Waals surface area contributed by atoms with Crippen molar-refractivity contribution in [3.8, 4) is 0 Å². The average molecular weight is 495 g/mol. The summed E-state index contributed by atoms with van der Waals surface area (Å²) >= 11 is 0. The molecule has 2 aromatic carbocycles. The molecule has 196 valence electrons. The highest BCUT2D eigenvalue weighted by atomic mass is 16.5. The van der Waals surface area contributed by atoms with E-state index in [1.807, 2.05) is 55.5 Å². The number of ether oxygens (including phenoxy) is 2. The molecule has 2 aromatic rings.